The number of hydrogen-bond donors (Lipinski definition) is 0. The first-order valence-electron chi connectivity index (χ1n) is 8.31. The van der Waals surface area contributed by atoms with Crippen LogP contribution in [0.15, 0.2) is 47.3 Å². The summed E-state index contributed by atoms with van der Waals surface area (Å²) in [4.78, 5) is 26.8. The summed E-state index contributed by atoms with van der Waals surface area (Å²) in [5, 5.41) is 0.640. The van der Waals surface area contributed by atoms with Gasteiger partial charge in [-0.25, -0.2) is 0 Å². The molecule has 2 aliphatic heterocycles. The summed E-state index contributed by atoms with van der Waals surface area (Å²) in [6.07, 6.45) is 1.11. The first-order valence-corrected chi connectivity index (χ1v) is 8.69. The van der Waals surface area contributed by atoms with E-state index in [2.05, 4.69) is 4.90 Å². The van der Waals surface area contributed by atoms with Gasteiger partial charge in [0.25, 0.3) is 5.56 Å². The molecule has 2 bridgehead atoms. The van der Waals surface area contributed by atoms with Crippen LogP contribution in [0.25, 0.3) is 0 Å². The summed E-state index contributed by atoms with van der Waals surface area (Å²) in [6, 6.07) is 12.6. The molecule has 3 heterocycles. The molecule has 24 heavy (non-hydrogen) atoms. The Morgan fingerprint density at radius 1 is 1.08 bits per heavy atom. The molecule has 124 valence electrons. The van der Waals surface area contributed by atoms with E-state index in [1.165, 1.54) is 0 Å². The number of nitrogens with zero attached hydrogens (tertiary/aromatic N) is 2. The van der Waals surface area contributed by atoms with Crippen LogP contribution in [-0.4, -0.2) is 34.9 Å². The lowest BCUT2D eigenvalue weighted by molar-refractivity contribution is 0.0817. The van der Waals surface area contributed by atoms with Crippen molar-refractivity contribution in [2.24, 2.45) is 5.92 Å². The number of pyridine rings is 1. The average molecular weight is 343 g/mol. The van der Waals surface area contributed by atoms with Crippen LogP contribution >= 0.6 is 11.6 Å². The first kappa shape index (κ1) is 15.6. The Morgan fingerprint density at radius 2 is 1.88 bits per heavy atom. The SMILES string of the molecule is O=C(CN1C[C@H]2C[C@@H](C1)c1cccc(=O)n1C2)c1ccc(Cl)cc1. The van der Waals surface area contributed by atoms with Crippen LogP contribution in [0.5, 0.6) is 0 Å². The number of rotatable bonds is 3. The van der Waals surface area contributed by atoms with Crippen molar-refractivity contribution in [3.8, 4) is 0 Å². The summed E-state index contributed by atoms with van der Waals surface area (Å²) in [5.74, 6) is 0.899. The summed E-state index contributed by atoms with van der Waals surface area (Å²) >= 11 is 5.88. The van der Waals surface area contributed by atoms with Crippen molar-refractivity contribution in [2.45, 2.75) is 18.9 Å². The third-order valence-electron chi connectivity index (χ3n) is 5.09. The molecule has 0 N–H and O–H groups in total. The number of ketones is 1. The highest BCUT2D eigenvalue weighted by molar-refractivity contribution is 6.30. The van der Waals surface area contributed by atoms with Crippen molar-refractivity contribution < 1.29 is 4.79 Å². The summed E-state index contributed by atoms with van der Waals surface area (Å²) in [6.45, 7) is 2.89. The number of halogens is 1. The Kier molecular flexibility index (Phi) is 4.02. The number of aromatic nitrogens is 1. The molecule has 0 saturated carbocycles. The third kappa shape index (κ3) is 2.92. The zero-order chi connectivity index (χ0) is 16.7. The fourth-order valence-electron chi connectivity index (χ4n) is 4.05. The molecule has 0 unspecified atom stereocenters. The van der Waals surface area contributed by atoms with Crippen LogP contribution in [0, 0.1) is 5.92 Å². The fraction of sp³-hybridized carbons (Fsp3) is 0.368. The number of Topliss-reactive ketones (excluding diaryl/α,β-unsaturated/α-hetero) is 1. The highest BCUT2D eigenvalue weighted by atomic mass is 35.5. The van der Waals surface area contributed by atoms with Crippen LogP contribution in [0.1, 0.15) is 28.4 Å². The van der Waals surface area contributed by atoms with E-state index in [4.69, 9.17) is 11.6 Å². The van der Waals surface area contributed by atoms with E-state index in [9.17, 15) is 9.59 Å². The van der Waals surface area contributed by atoms with Gasteiger partial charge in [-0.05, 0) is 42.7 Å². The zero-order valence-electron chi connectivity index (χ0n) is 13.3. The molecule has 0 radical (unpaired) electrons. The van der Waals surface area contributed by atoms with Crippen LogP contribution < -0.4 is 5.56 Å². The van der Waals surface area contributed by atoms with E-state index in [1.54, 1.807) is 30.3 Å². The monoisotopic (exact) mass is 342 g/mol. The molecule has 2 aromatic rings. The van der Waals surface area contributed by atoms with Crippen LogP contribution in [0.2, 0.25) is 5.02 Å². The Morgan fingerprint density at radius 3 is 2.67 bits per heavy atom. The molecule has 2 atom stereocenters. The lowest BCUT2D eigenvalue weighted by Gasteiger charge is -2.42. The number of carbonyl (C=O) groups is 1. The maximum atomic E-state index is 12.5. The second-order valence-corrected chi connectivity index (χ2v) is 7.26. The van der Waals surface area contributed by atoms with E-state index in [0.29, 0.717) is 29.0 Å². The Hall–Kier alpha value is -1.91. The molecular formula is C19H19ClN2O2. The minimum atomic E-state index is 0.0906. The number of fused-ring (bicyclic) bond motifs is 4. The van der Waals surface area contributed by atoms with Gasteiger partial charge >= 0.3 is 0 Å². The second-order valence-electron chi connectivity index (χ2n) is 6.82. The topological polar surface area (TPSA) is 42.3 Å². The largest absolute Gasteiger partial charge is 0.312 e. The first-order chi connectivity index (χ1) is 11.6. The Labute approximate surface area is 145 Å². The molecule has 1 saturated heterocycles. The lowest BCUT2D eigenvalue weighted by atomic mass is 9.83. The molecule has 0 aliphatic carbocycles. The number of hydrogen-bond acceptors (Lipinski definition) is 3. The van der Waals surface area contributed by atoms with Gasteiger partial charge in [-0.1, -0.05) is 17.7 Å². The highest BCUT2D eigenvalue weighted by Gasteiger charge is 2.34. The van der Waals surface area contributed by atoms with Crippen LogP contribution in [0.4, 0.5) is 0 Å². The molecule has 1 aromatic carbocycles. The van der Waals surface area contributed by atoms with Gasteiger partial charge in [0.1, 0.15) is 0 Å². The van der Waals surface area contributed by atoms with Crippen molar-refractivity contribution in [3.63, 3.8) is 0 Å². The standard InChI is InChI=1S/C19H19ClN2O2/c20-16-6-4-14(5-7-16)18(23)12-21-9-13-8-15(11-21)17-2-1-3-19(24)22(17)10-13/h1-7,13,15H,8-12H2/t13-,15+/m1/s1. The van der Waals surface area contributed by atoms with Gasteiger partial charge in [-0.3, -0.25) is 14.5 Å². The molecule has 4 rings (SSSR count). The van der Waals surface area contributed by atoms with Gasteiger partial charge in [0.2, 0.25) is 0 Å². The molecular weight excluding hydrogens is 324 g/mol. The summed E-state index contributed by atoms with van der Waals surface area (Å²) in [5.41, 5.74) is 1.90. The predicted molar refractivity (Wildman–Crippen MR) is 93.8 cm³/mol. The van der Waals surface area contributed by atoms with E-state index >= 15 is 0 Å². The van der Waals surface area contributed by atoms with Gasteiger partial charge in [0, 0.05) is 47.9 Å². The van der Waals surface area contributed by atoms with Gasteiger partial charge < -0.3 is 4.57 Å². The quantitative estimate of drug-likeness (QED) is 0.805. The van der Waals surface area contributed by atoms with E-state index < -0.39 is 0 Å². The van der Waals surface area contributed by atoms with Gasteiger partial charge in [-0.2, -0.15) is 0 Å². The number of carbonyl (C=O) groups excluding carboxylic acids is 1. The Bertz CT molecular complexity index is 828. The molecule has 5 heteroatoms. The average Bonchev–Trinajstić information content (AvgIpc) is 2.56. The van der Waals surface area contributed by atoms with Gasteiger partial charge in [0.15, 0.2) is 5.78 Å². The van der Waals surface area contributed by atoms with Crippen molar-refractivity contribution in [1.82, 2.24) is 9.47 Å². The normalized spacial score (nSPS) is 22.9. The summed E-state index contributed by atoms with van der Waals surface area (Å²) < 4.78 is 1.91. The molecule has 2 aliphatic rings. The predicted octanol–water partition coefficient (Wildman–Crippen LogP) is 2.80. The van der Waals surface area contributed by atoms with Crippen LogP contribution in [0.3, 0.4) is 0 Å². The smallest absolute Gasteiger partial charge is 0.250 e. The molecule has 1 fully saturated rings. The maximum absolute atomic E-state index is 12.5. The highest BCUT2D eigenvalue weighted by Crippen LogP contribution is 2.34. The van der Waals surface area contributed by atoms with Crippen LogP contribution in [-0.2, 0) is 6.54 Å². The Balaban J connectivity index is 1.51. The third-order valence-corrected chi connectivity index (χ3v) is 5.34. The van der Waals surface area contributed by atoms with E-state index in [-0.39, 0.29) is 11.3 Å². The minimum absolute atomic E-state index is 0.0906. The molecule has 4 nitrogen and oxygen atoms in total. The number of piperidine rings is 1. The molecule has 0 spiro atoms. The molecule has 1 aromatic heterocycles. The number of likely N-dealkylation sites (tertiary alicyclic amines) is 1. The summed E-state index contributed by atoms with van der Waals surface area (Å²) in [7, 11) is 0. The maximum Gasteiger partial charge on any atom is 0.250 e. The van der Waals surface area contributed by atoms with E-state index in [0.717, 1.165) is 31.7 Å². The zero-order valence-corrected chi connectivity index (χ0v) is 14.1. The second kappa shape index (κ2) is 6.19. The lowest BCUT2D eigenvalue weighted by Crippen LogP contribution is -2.48. The van der Waals surface area contributed by atoms with Crippen molar-refractivity contribution >= 4 is 17.4 Å². The minimum Gasteiger partial charge on any atom is -0.312 e. The number of benzene rings is 1. The van der Waals surface area contributed by atoms with Crippen molar-refractivity contribution in [3.05, 3.63) is 69.1 Å². The molecule has 0 amide bonds. The van der Waals surface area contributed by atoms with E-state index in [1.807, 2.05) is 16.7 Å². The van der Waals surface area contributed by atoms with Gasteiger partial charge in [-0.15, -0.1) is 0 Å². The fourth-order valence-corrected chi connectivity index (χ4v) is 4.18. The van der Waals surface area contributed by atoms with Gasteiger partial charge in [0.05, 0.1) is 6.54 Å². The van der Waals surface area contributed by atoms with Crippen molar-refractivity contribution in [1.29, 1.82) is 0 Å². The van der Waals surface area contributed by atoms with Crippen molar-refractivity contribution in [2.75, 3.05) is 19.6 Å².